The molecule has 0 aliphatic heterocycles. The van der Waals surface area contributed by atoms with Crippen LogP contribution in [0.25, 0.3) is 0 Å². The van der Waals surface area contributed by atoms with Crippen LogP contribution in [-0.4, -0.2) is 9.97 Å². The van der Waals surface area contributed by atoms with Gasteiger partial charge in [-0.3, -0.25) is 0 Å². The van der Waals surface area contributed by atoms with E-state index in [0.717, 1.165) is 12.1 Å². The van der Waals surface area contributed by atoms with Crippen LogP contribution in [0.15, 0.2) is 36.5 Å². The van der Waals surface area contributed by atoms with Crippen LogP contribution in [0.3, 0.4) is 0 Å². The van der Waals surface area contributed by atoms with Gasteiger partial charge in [-0.15, -0.1) is 0 Å². The van der Waals surface area contributed by atoms with E-state index in [0.29, 0.717) is 17.3 Å². The van der Waals surface area contributed by atoms with E-state index in [4.69, 9.17) is 5.73 Å². The average molecular weight is 268 g/mol. The summed E-state index contributed by atoms with van der Waals surface area (Å²) in [5, 5.41) is 2.92. The Labute approximate surface area is 107 Å². The van der Waals surface area contributed by atoms with Crippen molar-refractivity contribution in [1.29, 1.82) is 0 Å². The van der Waals surface area contributed by atoms with Crippen molar-refractivity contribution in [3.05, 3.63) is 47.9 Å². The quantitative estimate of drug-likeness (QED) is 0.898. The van der Waals surface area contributed by atoms with Gasteiger partial charge in [0.25, 0.3) is 0 Å². The van der Waals surface area contributed by atoms with Crippen LogP contribution in [-0.2, 0) is 12.7 Å². The summed E-state index contributed by atoms with van der Waals surface area (Å²) in [6.45, 7) is 0.288. The summed E-state index contributed by atoms with van der Waals surface area (Å²) in [5.74, 6) is 0.819. The molecule has 2 rings (SSSR count). The predicted octanol–water partition coefficient (Wildman–Crippen LogP) is 2.69. The smallest absolute Gasteiger partial charge is 0.384 e. The van der Waals surface area contributed by atoms with Gasteiger partial charge in [-0.05, 0) is 30.3 Å². The fourth-order valence-electron chi connectivity index (χ4n) is 1.46. The molecule has 0 bridgehead atoms. The highest BCUT2D eigenvalue weighted by Gasteiger charge is 2.29. The predicted molar refractivity (Wildman–Crippen MR) is 65.2 cm³/mol. The lowest BCUT2D eigenvalue weighted by molar-refractivity contribution is -0.137. The molecule has 100 valence electrons. The molecule has 0 radical (unpaired) electrons. The molecule has 0 saturated heterocycles. The zero-order valence-electron chi connectivity index (χ0n) is 9.78. The number of alkyl halides is 3. The Hall–Kier alpha value is -2.31. The van der Waals surface area contributed by atoms with Crippen molar-refractivity contribution in [3.63, 3.8) is 0 Å². The monoisotopic (exact) mass is 268 g/mol. The van der Waals surface area contributed by atoms with Gasteiger partial charge in [0.05, 0.1) is 12.1 Å². The number of nitrogen functional groups attached to an aromatic ring is 1. The Morgan fingerprint density at radius 3 is 2.37 bits per heavy atom. The zero-order valence-corrected chi connectivity index (χ0v) is 9.78. The molecule has 19 heavy (non-hydrogen) atoms. The van der Waals surface area contributed by atoms with Gasteiger partial charge in [-0.25, -0.2) is 9.97 Å². The maximum Gasteiger partial charge on any atom is 0.416 e. The molecule has 0 aliphatic carbocycles. The second-order valence-electron chi connectivity index (χ2n) is 3.83. The molecule has 0 spiro atoms. The SMILES string of the molecule is Nc1ccnc(CNc2ccc(C(F)(F)F)cc2)n1. The van der Waals surface area contributed by atoms with E-state index in [1.165, 1.54) is 18.3 Å². The fraction of sp³-hybridized carbons (Fsp3) is 0.167. The number of nitrogens with two attached hydrogens (primary N) is 1. The van der Waals surface area contributed by atoms with E-state index in [2.05, 4.69) is 15.3 Å². The molecule has 2 aromatic rings. The van der Waals surface area contributed by atoms with Gasteiger partial charge >= 0.3 is 6.18 Å². The summed E-state index contributed by atoms with van der Waals surface area (Å²) in [6.07, 6.45) is -2.80. The topological polar surface area (TPSA) is 63.8 Å². The number of halogens is 3. The number of benzene rings is 1. The van der Waals surface area contributed by atoms with Crippen molar-refractivity contribution in [2.45, 2.75) is 12.7 Å². The van der Waals surface area contributed by atoms with Gasteiger partial charge in [0.2, 0.25) is 0 Å². The Kier molecular flexibility index (Phi) is 3.55. The Morgan fingerprint density at radius 1 is 1.11 bits per heavy atom. The standard InChI is InChI=1S/C12H11F3N4/c13-12(14,15)8-1-3-9(4-2-8)18-7-11-17-6-5-10(16)19-11/h1-6,18H,7H2,(H2,16,17,19). The van der Waals surface area contributed by atoms with Crippen molar-refractivity contribution < 1.29 is 13.2 Å². The van der Waals surface area contributed by atoms with Crippen molar-refractivity contribution in [2.24, 2.45) is 0 Å². The number of nitrogens with zero attached hydrogens (tertiary/aromatic N) is 2. The molecular formula is C12H11F3N4. The van der Waals surface area contributed by atoms with E-state index in [9.17, 15) is 13.2 Å². The molecule has 1 aromatic carbocycles. The third-order valence-electron chi connectivity index (χ3n) is 2.39. The fourth-order valence-corrected chi connectivity index (χ4v) is 1.46. The molecular weight excluding hydrogens is 257 g/mol. The van der Waals surface area contributed by atoms with Gasteiger partial charge in [0.1, 0.15) is 11.6 Å². The first-order chi connectivity index (χ1) is 8.95. The third kappa shape index (κ3) is 3.57. The number of aromatic nitrogens is 2. The number of hydrogen-bond acceptors (Lipinski definition) is 4. The Bertz CT molecular complexity index is 552. The molecule has 0 aliphatic rings. The van der Waals surface area contributed by atoms with E-state index >= 15 is 0 Å². The first-order valence-corrected chi connectivity index (χ1v) is 5.44. The largest absolute Gasteiger partial charge is 0.416 e. The lowest BCUT2D eigenvalue weighted by Crippen LogP contribution is -2.07. The number of nitrogens with one attached hydrogen (secondary N) is 1. The van der Waals surface area contributed by atoms with Gasteiger partial charge < -0.3 is 11.1 Å². The Morgan fingerprint density at radius 2 is 1.79 bits per heavy atom. The third-order valence-corrected chi connectivity index (χ3v) is 2.39. The number of anilines is 2. The van der Waals surface area contributed by atoms with Crippen molar-refractivity contribution in [1.82, 2.24) is 9.97 Å². The van der Waals surface area contributed by atoms with E-state index in [-0.39, 0.29) is 6.54 Å². The van der Waals surface area contributed by atoms with Crippen LogP contribution in [0.1, 0.15) is 11.4 Å². The summed E-state index contributed by atoms with van der Waals surface area (Å²) >= 11 is 0. The van der Waals surface area contributed by atoms with Crippen LogP contribution < -0.4 is 11.1 Å². The van der Waals surface area contributed by atoms with E-state index < -0.39 is 11.7 Å². The van der Waals surface area contributed by atoms with E-state index in [1.54, 1.807) is 6.07 Å². The first-order valence-electron chi connectivity index (χ1n) is 5.44. The summed E-state index contributed by atoms with van der Waals surface area (Å²) in [6, 6.07) is 6.30. The highest BCUT2D eigenvalue weighted by atomic mass is 19.4. The summed E-state index contributed by atoms with van der Waals surface area (Å²) < 4.78 is 37.1. The molecule has 3 N–H and O–H groups in total. The van der Waals surface area contributed by atoms with Crippen LogP contribution in [0, 0.1) is 0 Å². The molecule has 4 nitrogen and oxygen atoms in total. The number of rotatable bonds is 3. The normalized spacial score (nSPS) is 11.3. The van der Waals surface area contributed by atoms with Gasteiger partial charge in [0.15, 0.2) is 0 Å². The summed E-state index contributed by atoms with van der Waals surface area (Å²) in [7, 11) is 0. The minimum Gasteiger partial charge on any atom is -0.384 e. The first kappa shape index (κ1) is 13.1. The van der Waals surface area contributed by atoms with Gasteiger partial charge in [-0.2, -0.15) is 13.2 Å². The average Bonchev–Trinajstić information content (AvgIpc) is 2.36. The van der Waals surface area contributed by atoms with Crippen molar-refractivity contribution >= 4 is 11.5 Å². The van der Waals surface area contributed by atoms with Crippen molar-refractivity contribution in [2.75, 3.05) is 11.1 Å². The lowest BCUT2D eigenvalue weighted by Gasteiger charge is -2.09. The lowest BCUT2D eigenvalue weighted by atomic mass is 10.2. The van der Waals surface area contributed by atoms with Gasteiger partial charge in [-0.1, -0.05) is 0 Å². The van der Waals surface area contributed by atoms with Crippen LogP contribution in [0.5, 0.6) is 0 Å². The summed E-state index contributed by atoms with van der Waals surface area (Å²) in [5.41, 5.74) is 5.36. The van der Waals surface area contributed by atoms with Crippen LogP contribution in [0.2, 0.25) is 0 Å². The maximum absolute atomic E-state index is 12.4. The summed E-state index contributed by atoms with van der Waals surface area (Å²) in [4.78, 5) is 7.95. The maximum atomic E-state index is 12.4. The highest BCUT2D eigenvalue weighted by Crippen LogP contribution is 2.29. The minimum atomic E-state index is -4.32. The highest BCUT2D eigenvalue weighted by molar-refractivity contribution is 5.45. The molecule has 0 fully saturated rings. The van der Waals surface area contributed by atoms with E-state index in [1.807, 2.05) is 0 Å². The number of hydrogen-bond donors (Lipinski definition) is 2. The minimum absolute atomic E-state index is 0.288. The molecule has 0 unspecified atom stereocenters. The zero-order chi connectivity index (χ0) is 13.9. The van der Waals surface area contributed by atoms with Gasteiger partial charge in [0, 0.05) is 11.9 Å². The second-order valence-corrected chi connectivity index (χ2v) is 3.83. The van der Waals surface area contributed by atoms with Crippen LogP contribution in [0.4, 0.5) is 24.7 Å². The molecule has 0 saturated carbocycles. The molecule has 1 heterocycles. The molecule has 0 atom stereocenters. The van der Waals surface area contributed by atoms with Crippen molar-refractivity contribution in [3.8, 4) is 0 Å². The molecule has 7 heteroatoms. The Balaban J connectivity index is 2.01. The second kappa shape index (κ2) is 5.13. The molecule has 0 amide bonds. The molecule has 1 aromatic heterocycles. The van der Waals surface area contributed by atoms with Crippen LogP contribution >= 0.6 is 0 Å².